The van der Waals surface area contributed by atoms with Gasteiger partial charge in [-0.3, -0.25) is 19.7 Å². The second-order valence-corrected chi connectivity index (χ2v) is 7.31. The minimum atomic E-state index is -0.756. The Morgan fingerprint density at radius 3 is 2.26 bits per heavy atom. The highest BCUT2D eigenvalue weighted by atomic mass is 19.1. The number of carbonyl (C=O) groups is 4. The van der Waals surface area contributed by atoms with E-state index in [-0.39, 0.29) is 48.2 Å². The van der Waals surface area contributed by atoms with Crippen molar-refractivity contribution in [2.45, 2.75) is 66.0 Å². The standard InChI is InChI=1S/C19H20FN3O4.2C2H6/c20-15-8-12(22-5-3-11(10-24)4-6-22)7-13-14(15)9-23(19(13)27)16-1-2-17(25)21-18(16)26;2*1-2/h7-8,10-11,16H,1-6,9H2,(H,21,25,26);2*1-2H3. The van der Waals surface area contributed by atoms with E-state index in [0.29, 0.717) is 31.6 Å². The van der Waals surface area contributed by atoms with Crippen LogP contribution in [0.3, 0.4) is 0 Å². The zero-order valence-electron chi connectivity index (χ0n) is 18.7. The molecule has 0 radical (unpaired) electrons. The van der Waals surface area contributed by atoms with Crippen LogP contribution in [-0.2, 0) is 20.9 Å². The largest absolute Gasteiger partial charge is 0.371 e. The molecule has 0 bridgehead atoms. The van der Waals surface area contributed by atoms with E-state index in [9.17, 15) is 23.6 Å². The second kappa shape index (κ2) is 11.0. The first-order valence-corrected chi connectivity index (χ1v) is 11.1. The lowest BCUT2D eigenvalue weighted by molar-refractivity contribution is -0.137. The molecule has 0 saturated carbocycles. The van der Waals surface area contributed by atoms with Crippen LogP contribution in [0.1, 0.15) is 69.3 Å². The molecular formula is C23H32FN3O4. The summed E-state index contributed by atoms with van der Waals surface area (Å²) in [4.78, 5) is 50.5. The van der Waals surface area contributed by atoms with E-state index in [1.54, 1.807) is 6.07 Å². The monoisotopic (exact) mass is 433 g/mol. The van der Waals surface area contributed by atoms with Crippen LogP contribution in [0.15, 0.2) is 12.1 Å². The molecule has 1 aromatic rings. The SMILES string of the molecule is CC.CC.O=CC1CCN(c2cc(F)c3c(c2)C(=O)N(C2CCC(=O)NC2=O)C3)CC1. The van der Waals surface area contributed by atoms with Crippen molar-refractivity contribution in [2.24, 2.45) is 5.92 Å². The summed E-state index contributed by atoms with van der Waals surface area (Å²) in [6.45, 7) is 9.29. The Morgan fingerprint density at radius 1 is 1.03 bits per heavy atom. The lowest BCUT2D eigenvalue weighted by Crippen LogP contribution is -2.52. The molecule has 4 rings (SSSR count). The van der Waals surface area contributed by atoms with Crippen molar-refractivity contribution in [3.63, 3.8) is 0 Å². The Bertz CT molecular complexity index is 834. The fourth-order valence-corrected chi connectivity index (χ4v) is 4.08. The molecule has 0 aliphatic carbocycles. The molecule has 31 heavy (non-hydrogen) atoms. The predicted octanol–water partition coefficient (Wildman–Crippen LogP) is 3.05. The molecule has 3 aliphatic rings. The molecule has 1 unspecified atom stereocenters. The molecule has 0 aromatic heterocycles. The number of fused-ring (bicyclic) bond motifs is 1. The van der Waals surface area contributed by atoms with Crippen molar-refractivity contribution in [1.29, 1.82) is 0 Å². The van der Waals surface area contributed by atoms with Gasteiger partial charge < -0.3 is 14.6 Å². The highest BCUT2D eigenvalue weighted by molar-refractivity contribution is 6.05. The van der Waals surface area contributed by atoms with Gasteiger partial charge in [0.25, 0.3) is 5.91 Å². The van der Waals surface area contributed by atoms with Crippen LogP contribution in [0.4, 0.5) is 10.1 Å². The van der Waals surface area contributed by atoms with Gasteiger partial charge in [-0.25, -0.2) is 4.39 Å². The van der Waals surface area contributed by atoms with Gasteiger partial charge in [-0.15, -0.1) is 0 Å². The number of nitrogens with one attached hydrogen (secondary N) is 1. The Hall–Kier alpha value is -2.77. The molecule has 0 spiro atoms. The summed E-state index contributed by atoms with van der Waals surface area (Å²) in [6.07, 6.45) is 2.78. The Kier molecular flexibility index (Phi) is 8.71. The Labute approximate surface area is 183 Å². The van der Waals surface area contributed by atoms with E-state index in [0.717, 1.165) is 6.29 Å². The number of aldehydes is 1. The highest BCUT2D eigenvalue weighted by Gasteiger charge is 2.40. The van der Waals surface area contributed by atoms with E-state index >= 15 is 0 Å². The summed E-state index contributed by atoms with van der Waals surface area (Å²) in [5.74, 6) is -1.69. The number of imide groups is 1. The number of carbonyl (C=O) groups excluding carboxylic acids is 4. The molecular weight excluding hydrogens is 401 g/mol. The molecule has 7 nitrogen and oxygen atoms in total. The van der Waals surface area contributed by atoms with Crippen LogP contribution >= 0.6 is 0 Å². The molecule has 3 aliphatic heterocycles. The first-order chi connectivity index (χ1) is 15.0. The number of rotatable bonds is 3. The van der Waals surface area contributed by atoms with E-state index in [2.05, 4.69) is 5.32 Å². The van der Waals surface area contributed by atoms with E-state index in [1.165, 1.54) is 11.0 Å². The zero-order valence-corrected chi connectivity index (χ0v) is 18.7. The third-order valence-corrected chi connectivity index (χ3v) is 5.68. The third kappa shape index (κ3) is 5.11. The van der Waals surface area contributed by atoms with Gasteiger partial charge in [0.1, 0.15) is 18.1 Å². The second-order valence-electron chi connectivity index (χ2n) is 7.31. The first-order valence-electron chi connectivity index (χ1n) is 11.1. The molecule has 3 amide bonds. The van der Waals surface area contributed by atoms with Gasteiger partial charge in [-0.1, -0.05) is 27.7 Å². The summed E-state index contributed by atoms with van der Waals surface area (Å²) in [5, 5.41) is 2.24. The fraction of sp³-hybridized carbons (Fsp3) is 0.565. The van der Waals surface area contributed by atoms with Crippen LogP contribution < -0.4 is 10.2 Å². The number of piperidine rings is 2. The minimum Gasteiger partial charge on any atom is -0.371 e. The van der Waals surface area contributed by atoms with Gasteiger partial charge in [0.2, 0.25) is 11.8 Å². The van der Waals surface area contributed by atoms with E-state index in [4.69, 9.17) is 0 Å². The molecule has 1 aromatic carbocycles. The van der Waals surface area contributed by atoms with Crippen molar-refractivity contribution in [2.75, 3.05) is 18.0 Å². The van der Waals surface area contributed by atoms with Gasteiger partial charge in [0, 0.05) is 42.2 Å². The molecule has 3 heterocycles. The third-order valence-electron chi connectivity index (χ3n) is 5.68. The van der Waals surface area contributed by atoms with Crippen LogP contribution in [-0.4, -0.2) is 48.0 Å². The van der Waals surface area contributed by atoms with Crippen LogP contribution in [0.25, 0.3) is 0 Å². The number of anilines is 1. The van der Waals surface area contributed by atoms with Crippen molar-refractivity contribution >= 4 is 29.7 Å². The summed E-state index contributed by atoms with van der Waals surface area (Å²) < 4.78 is 14.7. The number of halogens is 1. The lowest BCUT2D eigenvalue weighted by Gasteiger charge is -2.31. The molecule has 2 saturated heterocycles. The van der Waals surface area contributed by atoms with Crippen molar-refractivity contribution in [3.8, 4) is 0 Å². The smallest absolute Gasteiger partial charge is 0.255 e. The Morgan fingerprint density at radius 2 is 1.68 bits per heavy atom. The maximum atomic E-state index is 14.7. The van der Waals surface area contributed by atoms with Crippen LogP contribution in [0.5, 0.6) is 0 Å². The van der Waals surface area contributed by atoms with Crippen LogP contribution in [0.2, 0.25) is 0 Å². The average molecular weight is 434 g/mol. The first kappa shape index (κ1) is 24.5. The van der Waals surface area contributed by atoms with E-state index < -0.39 is 17.8 Å². The summed E-state index contributed by atoms with van der Waals surface area (Å²) in [5.41, 5.74) is 1.18. The van der Waals surface area contributed by atoms with E-state index in [1.807, 2.05) is 32.6 Å². The van der Waals surface area contributed by atoms with Gasteiger partial charge in [0.15, 0.2) is 0 Å². The van der Waals surface area contributed by atoms with Gasteiger partial charge in [-0.05, 0) is 31.4 Å². The maximum absolute atomic E-state index is 14.7. The molecule has 8 heteroatoms. The number of benzene rings is 1. The average Bonchev–Trinajstić information content (AvgIpc) is 3.13. The predicted molar refractivity (Wildman–Crippen MR) is 116 cm³/mol. The van der Waals surface area contributed by atoms with Crippen molar-refractivity contribution in [1.82, 2.24) is 10.2 Å². The van der Waals surface area contributed by atoms with Crippen molar-refractivity contribution in [3.05, 3.63) is 29.1 Å². The lowest BCUT2D eigenvalue weighted by atomic mass is 9.97. The van der Waals surface area contributed by atoms with Crippen LogP contribution in [0, 0.1) is 11.7 Å². The summed E-state index contributed by atoms with van der Waals surface area (Å²) in [7, 11) is 0. The normalized spacial score (nSPS) is 20.8. The van der Waals surface area contributed by atoms with Gasteiger partial charge in [0.05, 0.1) is 6.54 Å². The summed E-state index contributed by atoms with van der Waals surface area (Å²) in [6, 6.07) is 2.34. The zero-order chi connectivity index (χ0) is 23.1. The van der Waals surface area contributed by atoms with Crippen molar-refractivity contribution < 1.29 is 23.6 Å². The molecule has 2 fully saturated rings. The molecule has 1 atom stereocenters. The summed E-state index contributed by atoms with van der Waals surface area (Å²) >= 11 is 0. The highest BCUT2D eigenvalue weighted by Crippen LogP contribution is 2.33. The maximum Gasteiger partial charge on any atom is 0.255 e. The molecule has 1 N–H and O–H groups in total. The fourth-order valence-electron chi connectivity index (χ4n) is 4.08. The Balaban J connectivity index is 0.000000807. The van der Waals surface area contributed by atoms with Gasteiger partial charge in [-0.2, -0.15) is 0 Å². The quantitative estimate of drug-likeness (QED) is 0.585. The number of hydrogen-bond donors (Lipinski definition) is 1. The number of nitrogens with zero attached hydrogens (tertiary/aromatic N) is 2. The number of hydrogen-bond acceptors (Lipinski definition) is 5. The molecule has 170 valence electrons. The minimum absolute atomic E-state index is 0.0276. The topological polar surface area (TPSA) is 86.8 Å². The number of amides is 3. The van der Waals surface area contributed by atoms with Gasteiger partial charge >= 0.3 is 0 Å².